The number of nitrogens with two attached hydrogens (primary N) is 2. The Morgan fingerprint density at radius 1 is 1.25 bits per heavy atom. The number of aliphatic hydroxyl groups excluding tert-OH is 1. The lowest BCUT2D eigenvalue weighted by molar-refractivity contribution is 0.219. The summed E-state index contributed by atoms with van der Waals surface area (Å²) in [4.78, 5) is 13.9. The van der Waals surface area contributed by atoms with Gasteiger partial charge >= 0.3 is 0 Å². The summed E-state index contributed by atoms with van der Waals surface area (Å²) in [5.41, 5.74) is 11.0. The highest BCUT2D eigenvalue weighted by molar-refractivity contribution is 5.25. The van der Waals surface area contributed by atoms with E-state index in [1.165, 1.54) is 0 Å². The molecule has 1 unspecified atom stereocenters. The van der Waals surface area contributed by atoms with Gasteiger partial charge in [0.05, 0.1) is 6.54 Å². The van der Waals surface area contributed by atoms with Crippen LogP contribution in [0.25, 0.3) is 0 Å². The summed E-state index contributed by atoms with van der Waals surface area (Å²) in [6, 6.07) is 0. The molecule has 0 spiro atoms. The van der Waals surface area contributed by atoms with Crippen molar-refractivity contribution < 1.29 is 5.11 Å². The Hall–Kier alpha value is -1.47. The van der Waals surface area contributed by atoms with Crippen LogP contribution < -0.4 is 11.5 Å². The minimum Gasteiger partial charge on any atom is -0.396 e. The molecule has 2 rings (SSSR count). The van der Waals surface area contributed by atoms with Crippen molar-refractivity contribution >= 4 is 11.9 Å². The van der Waals surface area contributed by atoms with Crippen LogP contribution in [-0.4, -0.2) is 44.7 Å². The molecule has 1 fully saturated rings. The molecular weight excluding hydrogens is 208 g/mol. The van der Waals surface area contributed by atoms with Crippen molar-refractivity contribution in [1.82, 2.24) is 19.9 Å². The van der Waals surface area contributed by atoms with Gasteiger partial charge in [-0.1, -0.05) is 0 Å². The van der Waals surface area contributed by atoms with Crippen LogP contribution in [0.1, 0.15) is 12.2 Å². The van der Waals surface area contributed by atoms with Gasteiger partial charge in [0, 0.05) is 13.2 Å². The third-order valence-electron chi connectivity index (χ3n) is 2.71. The van der Waals surface area contributed by atoms with E-state index in [9.17, 15) is 0 Å². The van der Waals surface area contributed by atoms with E-state index >= 15 is 0 Å². The van der Waals surface area contributed by atoms with E-state index in [4.69, 9.17) is 16.6 Å². The van der Waals surface area contributed by atoms with Crippen LogP contribution in [0.15, 0.2) is 0 Å². The molecule has 0 radical (unpaired) electrons. The molecule has 88 valence electrons. The molecule has 7 heteroatoms. The average molecular weight is 224 g/mol. The number of anilines is 2. The number of hydrogen-bond acceptors (Lipinski definition) is 7. The van der Waals surface area contributed by atoms with Crippen LogP contribution in [0.3, 0.4) is 0 Å². The summed E-state index contributed by atoms with van der Waals surface area (Å²) in [6.07, 6.45) is 1.01. The predicted octanol–water partition coefficient (Wildman–Crippen LogP) is -1.15. The smallest absolute Gasteiger partial charge is 0.225 e. The molecule has 0 saturated carbocycles. The molecular formula is C9H16N6O. The molecule has 0 aliphatic carbocycles. The number of aromatic nitrogens is 3. The summed E-state index contributed by atoms with van der Waals surface area (Å²) in [6.45, 7) is 2.64. The van der Waals surface area contributed by atoms with Gasteiger partial charge in [0.1, 0.15) is 5.82 Å². The Labute approximate surface area is 93.5 Å². The molecule has 1 saturated heterocycles. The maximum atomic E-state index is 9.03. The SMILES string of the molecule is Nc1nc(N)nc(CN2CCC(CO)C2)n1. The first-order chi connectivity index (χ1) is 7.67. The molecule has 1 aromatic heterocycles. The standard InChI is InChI=1S/C9H16N6O/c10-8-12-7(13-9(11)14-8)4-15-2-1-6(3-15)5-16/h6,16H,1-5H2,(H4,10,11,12,13,14). The maximum absolute atomic E-state index is 9.03. The minimum atomic E-state index is 0.153. The third kappa shape index (κ3) is 2.56. The second-order valence-electron chi connectivity index (χ2n) is 4.04. The van der Waals surface area contributed by atoms with Crippen molar-refractivity contribution in [3.8, 4) is 0 Å². The average Bonchev–Trinajstić information content (AvgIpc) is 2.64. The fourth-order valence-corrected chi connectivity index (χ4v) is 1.93. The lowest BCUT2D eigenvalue weighted by atomic mass is 10.1. The second-order valence-corrected chi connectivity index (χ2v) is 4.04. The Morgan fingerprint density at radius 3 is 2.50 bits per heavy atom. The van der Waals surface area contributed by atoms with Gasteiger partial charge in [-0.3, -0.25) is 4.90 Å². The molecule has 1 aliphatic rings. The lowest BCUT2D eigenvalue weighted by Gasteiger charge is -2.14. The minimum absolute atomic E-state index is 0.153. The number of aliphatic hydroxyl groups is 1. The first kappa shape index (κ1) is 11.0. The zero-order chi connectivity index (χ0) is 11.5. The zero-order valence-corrected chi connectivity index (χ0v) is 9.00. The highest BCUT2D eigenvalue weighted by Gasteiger charge is 2.22. The Bertz CT molecular complexity index is 351. The molecule has 0 bridgehead atoms. The molecule has 7 nitrogen and oxygen atoms in total. The summed E-state index contributed by atoms with van der Waals surface area (Å²) < 4.78 is 0. The highest BCUT2D eigenvalue weighted by atomic mass is 16.3. The van der Waals surface area contributed by atoms with Gasteiger partial charge in [0.2, 0.25) is 11.9 Å². The third-order valence-corrected chi connectivity index (χ3v) is 2.71. The van der Waals surface area contributed by atoms with Crippen LogP contribution in [0, 0.1) is 5.92 Å². The zero-order valence-electron chi connectivity index (χ0n) is 9.00. The number of hydrogen-bond donors (Lipinski definition) is 3. The van der Waals surface area contributed by atoms with E-state index in [0.717, 1.165) is 19.5 Å². The van der Waals surface area contributed by atoms with E-state index in [1.807, 2.05) is 0 Å². The molecule has 0 amide bonds. The van der Waals surface area contributed by atoms with E-state index in [1.54, 1.807) is 0 Å². The molecule has 0 aromatic carbocycles. The molecule has 1 atom stereocenters. The number of nitrogen functional groups attached to an aromatic ring is 2. The highest BCUT2D eigenvalue weighted by Crippen LogP contribution is 2.17. The second kappa shape index (κ2) is 4.58. The topological polar surface area (TPSA) is 114 Å². The van der Waals surface area contributed by atoms with Crippen molar-refractivity contribution in [1.29, 1.82) is 0 Å². The fourth-order valence-electron chi connectivity index (χ4n) is 1.93. The van der Waals surface area contributed by atoms with Crippen molar-refractivity contribution in [3.05, 3.63) is 5.82 Å². The molecule has 2 heterocycles. The van der Waals surface area contributed by atoms with Gasteiger partial charge in [0.25, 0.3) is 0 Å². The van der Waals surface area contributed by atoms with Gasteiger partial charge in [0.15, 0.2) is 0 Å². The Kier molecular flexibility index (Phi) is 3.16. The van der Waals surface area contributed by atoms with Crippen LogP contribution in [-0.2, 0) is 6.54 Å². The van der Waals surface area contributed by atoms with E-state index in [0.29, 0.717) is 18.3 Å². The normalized spacial score (nSPS) is 21.4. The summed E-state index contributed by atoms with van der Waals surface area (Å²) in [5.74, 6) is 1.25. The largest absolute Gasteiger partial charge is 0.396 e. The van der Waals surface area contributed by atoms with E-state index in [2.05, 4.69) is 19.9 Å². The van der Waals surface area contributed by atoms with Crippen molar-refractivity contribution in [3.63, 3.8) is 0 Å². The van der Waals surface area contributed by atoms with E-state index < -0.39 is 0 Å². The first-order valence-corrected chi connectivity index (χ1v) is 5.26. The number of rotatable bonds is 3. The Balaban J connectivity index is 1.99. The van der Waals surface area contributed by atoms with Gasteiger partial charge in [-0.15, -0.1) is 0 Å². The van der Waals surface area contributed by atoms with Gasteiger partial charge in [-0.25, -0.2) is 0 Å². The van der Waals surface area contributed by atoms with Crippen LogP contribution >= 0.6 is 0 Å². The Morgan fingerprint density at radius 2 is 1.94 bits per heavy atom. The van der Waals surface area contributed by atoms with Crippen molar-refractivity contribution in [2.24, 2.45) is 5.92 Å². The summed E-state index contributed by atoms with van der Waals surface area (Å²) in [5, 5.41) is 9.03. The van der Waals surface area contributed by atoms with Gasteiger partial charge in [-0.2, -0.15) is 15.0 Å². The van der Waals surface area contributed by atoms with Gasteiger partial charge in [-0.05, 0) is 18.9 Å². The molecule has 16 heavy (non-hydrogen) atoms. The molecule has 5 N–H and O–H groups in total. The molecule has 1 aliphatic heterocycles. The predicted molar refractivity (Wildman–Crippen MR) is 59.1 cm³/mol. The van der Waals surface area contributed by atoms with Crippen molar-refractivity contribution in [2.45, 2.75) is 13.0 Å². The van der Waals surface area contributed by atoms with Crippen LogP contribution in [0.5, 0.6) is 0 Å². The van der Waals surface area contributed by atoms with E-state index in [-0.39, 0.29) is 18.5 Å². The van der Waals surface area contributed by atoms with Crippen LogP contribution in [0.4, 0.5) is 11.9 Å². The van der Waals surface area contributed by atoms with Gasteiger partial charge < -0.3 is 16.6 Å². The molecule has 1 aromatic rings. The van der Waals surface area contributed by atoms with Crippen molar-refractivity contribution in [2.75, 3.05) is 31.2 Å². The monoisotopic (exact) mass is 224 g/mol. The quantitative estimate of drug-likeness (QED) is 0.594. The first-order valence-electron chi connectivity index (χ1n) is 5.26. The van der Waals surface area contributed by atoms with Crippen LogP contribution in [0.2, 0.25) is 0 Å². The summed E-state index contributed by atoms with van der Waals surface area (Å²) in [7, 11) is 0. The fraction of sp³-hybridized carbons (Fsp3) is 0.667. The number of nitrogens with zero attached hydrogens (tertiary/aromatic N) is 4. The maximum Gasteiger partial charge on any atom is 0.225 e. The lowest BCUT2D eigenvalue weighted by Crippen LogP contribution is -2.23. The number of likely N-dealkylation sites (tertiary alicyclic amines) is 1. The summed E-state index contributed by atoms with van der Waals surface area (Å²) >= 11 is 0.